The van der Waals surface area contributed by atoms with E-state index in [1.807, 2.05) is 6.07 Å². The number of ether oxygens (including phenoxy) is 1. The van der Waals surface area contributed by atoms with Gasteiger partial charge in [-0.1, -0.05) is 30.3 Å². The predicted molar refractivity (Wildman–Crippen MR) is 80.8 cm³/mol. The molecule has 23 heavy (non-hydrogen) atoms. The van der Waals surface area contributed by atoms with Gasteiger partial charge < -0.3 is 4.74 Å². The van der Waals surface area contributed by atoms with E-state index in [0.717, 1.165) is 5.56 Å². The van der Waals surface area contributed by atoms with E-state index in [0.29, 0.717) is 0 Å². The Morgan fingerprint density at radius 3 is 2.39 bits per heavy atom. The van der Waals surface area contributed by atoms with E-state index in [1.165, 1.54) is 30.3 Å². The molecule has 0 aliphatic rings. The predicted octanol–water partition coefficient (Wildman–Crippen LogP) is 2.45. The van der Waals surface area contributed by atoms with Crippen LogP contribution in [0.5, 0.6) is 5.75 Å². The Morgan fingerprint density at radius 2 is 1.83 bits per heavy atom. The summed E-state index contributed by atoms with van der Waals surface area (Å²) < 4.78 is 5.10. The summed E-state index contributed by atoms with van der Waals surface area (Å²) in [6.07, 6.45) is 1.56. The first-order chi connectivity index (χ1) is 11.1. The number of isocyanates is 1. The van der Waals surface area contributed by atoms with Gasteiger partial charge in [0, 0.05) is 18.6 Å². The fraction of sp³-hybridized carbons (Fsp3) is 0.125. The highest BCUT2D eigenvalue weighted by Crippen LogP contribution is 2.18. The number of non-ortho nitro benzene ring substituents is 1. The van der Waals surface area contributed by atoms with Gasteiger partial charge in [-0.15, -0.1) is 0 Å². The van der Waals surface area contributed by atoms with E-state index in [9.17, 15) is 19.7 Å². The molecule has 0 aliphatic carbocycles. The fourth-order valence-corrected chi connectivity index (χ4v) is 1.90. The van der Waals surface area contributed by atoms with Crippen molar-refractivity contribution < 1.29 is 19.2 Å². The van der Waals surface area contributed by atoms with Crippen LogP contribution in [0.4, 0.5) is 5.69 Å². The lowest BCUT2D eigenvalue weighted by Gasteiger charge is -2.10. The first kappa shape index (κ1) is 16.1. The van der Waals surface area contributed by atoms with Crippen LogP contribution in [0.2, 0.25) is 0 Å². The van der Waals surface area contributed by atoms with Gasteiger partial charge in [-0.25, -0.2) is 9.59 Å². The number of aliphatic imine (C=N–C) groups is 1. The highest BCUT2D eigenvalue weighted by Gasteiger charge is 2.21. The second-order valence-corrected chi connectivity index (χ2v) is 4.60. The molecule has 0 bridgehead atoms. The lowest BCUT2D eigenvalue weighted by atomic mass is 10.1. The maximum atomic E-state index is 12.1. The molecule has 0 fully saturated rings. The van der Waals surface area contributed by atoms with Crippen molar-refractivity contribution in [2.24, 2.45) is 4.99 Å². The zero-order valence-corrected chi connectivity index (χ0v) is 11.9. The Balaban J connectivity index is 2.08. The number of esters is 1. The minimum Gasteiger partial charge on any atom is -0.425 e. The molecule has 0 aliphatic heterocycles. The van der Waals surface area contributed by atoms with Crippen LogP contribution in [0.25, 0.3) is 0 Å². The summed E-state index contributed by atoms with van der Waals surface area (Å²) in [6, 6.07) is 13.1. The number of hydrogen-bond acceptors (Lipinski definition) is 6. The number of nitro benzene ring substituents is 1. The summed E-state index contributed by atoms with van der Waals surface area (Å²) in [5.74, 6) is -0.592. The van der Waals surface area contributed by atoms with Crippen LogP contribution < -0.4 is 4.74 Å². The van der Waals surface area contributed by atoms with E-state index in [2.05, 4.69) is 4.99 Å². The number of nitro groups is 1. The second-order valence-electron chi connectivity index (χ2n) is 4.60. The highest BCUT2D eigenvalue weighted by atomic mass is 16.6. The van der Waals surface area contributed by atoms with Crippen molar-refractivity contribution in [3.8, 4) is 5.75 Å². The average molecular weight is 312 g/mol. The molecule has 116 valence electrons. The molecule has 7 nitrogen and oxygen atoms in total. The molecule has 0 amide bonds. The van der Waals surface area contributed by atoms with Crippen molar-refractivity contribution in [3.05, 3.63) is 70.3 Å². The van der Waals surface area contributed by atoms with Crippen molar-refractivity contribution in [2.75, 3.05) is 0 Å². The molecular formula is C16H12N2O5. The molecule has 0 heterocycles. The van der Waals surface area contributed by atoms with E-state index in [-0.39, 0.29) is 17.9 Å². The van der Waals surface area contributed by atoms with Crippen molar-refractivity contribution in [3.63, 3.8) is 0 Å². The number of hydrogen-bond donors (Lipinski definition) is 0. The van der Waals surface area contributed by atoms with Gasteiger partial charge in [0.25, 0.3) is 5.69 Å². The third-order valence-electron chi connectivity index (χ3n) is 3.02. The van der Waals surface area contributed by atoms with Crippen LogP contribution in [0.3, 0.4) is 0 Å². The van der Waals surface area contributed by atoms with Gasteiger partial charge in [0.05, 0.1) is 4.92 Å². The molecule has 0 saturated carbocycles. The Hall–Kier alpha value is -3.31. The minimum absolute atomic E-state index is 0.114. The van der Waals surface area contributed by atoms with Gasteiger partial charge in [0.15, 0.2) is 6.04 Å². The maximum absolute atomic E-state index is 12.1. The Morgan fingerprint density at radius 1 is 1.17 bits per heavy atom. The summed E-state index contributed by atoms with van der Waals surface area (Å²) in [5.41, 5.74) is 0.702. The van der Waals surface area contributed by atoms with Crippen LogP contribution in [-0.4, -0.2) is 23.0 Å². The number of nitrogens with zero attached hydrogens (tertiary/aromatic N) is 2. The van der Waals surface area contributed by atoms with Crippen LogP contribution >= 0.6 is 0 Å². The van der Waals surface area contributed by atoms with Gasteiger partial charge in [-0.3, -0.25) is 10.1 Å². The van der Waals surface area contributed by atoms with E-state index < -0.39 is 16.9 Å². The molecule has 0 spiro atoms. The Bertz CT molecular complexity index is 737. The maximum Gasteiger partial charge on any atom is 0.337 e. The topological polar surface area (TPSA) is 98.9 Å². The van der Waals surface area contributed by atoms with Crippen molar-refractivity contribution >= 4 is 17.7 Å². The van der Waals surface area contributed by atoms with Crippen molar-refractivity contribution in [2.45, 2.75) is 12.5 Å². The average Bonchev–Trinajstić information content (AvgIpc) is 2.56. The van der Waals surface area contributed by atoms with Crippen LogP contribution in [0.1, 0.15) is 5.56 Å². The molecule has 0 radical (unpaired) electrons. The molecule has 0 N–H and O–H groups in total. The largest absolute Gasteiger partial charge is 0.425 e. The van der Waals surface area contributed by atoms with Crippen molar-refractivity contribution in [1.82, 2.24) is 0 Å². The molecule has 1 atom stereocenters. The van der Waals surface area contributed by atoms with E-state index >= 15 is 0 Å². The van der Waals surface area contributed by atoms with Crippen LogP contribution in [-0.2, 0) is 16.0 Å². The normalized spacial score (nSPS) is 11.1. The molecular weight excluding hydrogens is 300 g/mol. The standard InChI is InChI=1S/C16H12N2O5/c19-11-17-15(10-12-4-2-1-3-5-12)16(20)23-14-8-6-13(7-9-14)18(21)22/h1-9,15H,10H2. The molecule has 1 unspecified atom stereocenters. The second kappa shape index (κ2) is 7.63. The first-order valence-corrected chi connectivity index (χ1v) is 6.67. The van der Waals surface area contributed by atoms with Crippen LogP contribution in [0, 0.1) is 10.1 Å². The summed E-state index contributed by atoms with van der Waals surface area (Å²) >= 11 is 0. The van der Waals surface area contributed by atoms with E-state index in [1.54, 1.807) is 24.3 Å². The number of rotatable bonds is 6. The molecule has 7 heteroatoms. The lowest BCUT2D eigenvalue weighted by molar-refractivity contribution is -0.384. The Labute approximate surface area is 131 Å². The molecule has 0 aromatic heterocycles. The Kier molecular flexibility index (Phi) is 5.33. The number of benzene rings is 2. The summed E-state index contributed by atoms with van der Waals surface area (Å²) in [4.78, 5) is 36.1. The fourth-order valence-electron chi connectivity index (χ4n) is 1.90. The molecule has 2 aromatic carbocycles. The minimum atomic E-state index is -1.02. The summed E-state index contributed by atoms with van der Waals surface area (Å²) in [7, 11) is 0. The molecule has 0 saturated heterocycles. The highest BCUT2D eigenvalue weighted by molar-refractivity contribution is 5.79. The first-order valence-electron chi connectivity index (χ1n) is 6.67. The van der Waals surface area contributed by atoms with Gasteiger partial charge in [-0.05, 0) is 17.7 Å². The van der Waals surface area contributed by atoms with Gasteiger partial charge >= 0.3 is 5.97 Å². The zero-order chi connectivity index (χ0) is 16.7. The summed E-state index contributed by atoms with van der Waals surface area (Å²) in [6.45, 7) is 0. The van der Waals surface area contributed by atoms with Gasteiger partial charge in [0.1, 0.15) is 5.75 Å². The smallest absolute Gasteiger partial charge is 0.337 e. The van der Waals surface area contributed by atoms with E-state index in [4.69, 9.17) is 4.74 Å². The number of carbonyl (C=O) groups is 1. The van der Waals surface area contributed by atoms with Crippen LogP contribution in [0.15, 0.2) is 59.6 Å². The summed E-state index contributed by atoms with van der Waals surface area (Å²) in [5, 5.41) is 10.6. The monoisotopic (exact) mass is 312 g/mol. The SMILES string of the molecule is O=C=NC(Cc1ccccc1)C(=O)Oc1ccc([N+](=O)[O-])cc1. The van der Waals surface area contributed by atoms with Gasteiger partial charge in [-0.2, -0.15) is 4.99 Å². The zero-order valence-electron chi connectivity index (χ0n) is 11.9. The third-order valence-corrected chi connectivity index (χ3v) is 3.02. The lowest BCUT2D eigenvalue weighted by Crippen LogP contribution is -2.26. The number of carbonyl (C=O) groups excluding carboxylic acids is 2. The molecule has 2 rings (SSSR count). The quantitative estimate of drug-likeness (QED) is 0.204. The third kappa shape index (κ3) is 4.59. The van der Waals surface area contributed by atoms with Gasteiger partial charge in [0.2, 0.25) is 6.08 Å². The van der Waals surface area contributed by atoms with Crippen molar-refractivity contribution in [1.29, 1.82) is 0 Å². The molecule has 2 aromatic rings.